The summed E-state index contributed by atoms with van der Waals surface area (Å²) in [6.07, 6.45) is 4.31. The van der Waals surface area contributed by atoms with E-state index < -0.39 is 17.4 Å². The van der Waals surface area contributed by atoms with Crippen molar-refractivity contribution in [2.75, 3.05) is 19.6 Å². The first-order chi connectivity index (χ1) is 22.2. The summed E-state index contributed by atoms with van der Waals surface area (Å²) in [6, 6.07) is 19.6. The molecule has 3 amide bonds. The SMILES string of the molecule is O=C(N[C@H](Cc1ccc(Cl)cc1)C(=O)N1CCC(c2ccccc2CN2CCCCC2=O)CC1)c1cc(=O)c2cc(O)ccc2o1. The molecule has 0 saturated carbocycles. The van der Waals surface area contributed by atoms with E-state index in [0.717, 1.165) is 49.4 Å². The van der Waals surface area contributed by atoms with E-state index in [9.17, 15) is 24.3 Å². The molecule has 0 unspecified atom stereocenters. The number of benzene rings is 3. The van der Waals surface area contributed by atoms with Crippen molar-refractivity contribution in [2.24, 2.45) is 0 Å². The van der Waals surface area contributed by atoms with Crippen molar-refractivity contribution in [3.8, 4) is 5.75 Å². The fourth-order valence-electron chi connectivity index (χ4n) is 6.48. The number of carbonyl (C=O) groups excluding carboxylic acids is 3. The van der Waals surface area contributed by atoms with Crippen LogP contribution in [0.1, 0.15) is 65.3 Å². The van der Waals surface area contributed by atoms with Crippen molar-refractivity contribution in [3.05, 3.63) is 110 Å². The number of phenolic OH excluding ortho intramolecular Hbond substituents is 1. The standard InChI is InChI=1S/C36H36ClN3O6/c37-26-10-8-23(9-11-26)19-30(38-35(44)33-21-31(42)29-20-27(41)12-13-32(29)46-33)36(45)39-17-14-24(15-18-39)28-6-2-1-5-25(28)22-40-16-4-3-7-34(40)43/h1-2,5-6,8-13,20-21,24,30,41H,3-4,7,14-19,22H2,(H,38,44)/t30-/m1/s1. The Labute approximate surface area is 271 Å². The lowest BCUT2D eigenvalue weighted by Gasteiger charge is -2.36. The van der Waals surface area contributed by atoms with Gasteiger partial charge in [-0.1, -0.05) is 48.0 Å². The number of aromatic hydroxyl groups is 1. The lowest BCUT2D eigenvalue weighted by molar-refractivity contribution is -0.135. The van der Waals surface area contributed by atoms with E-state index in [0.29, 0.717) is 31.1 Å². The first kappa shape index (κ1) is 31.4. The Morgan fingerprint density at radius 2 is 1.72 bits per heavy atom. The third-order valence-electron chi connectivity index (χ3n) is 8.98. The maximum atomic E-state index is 14.0. The Hall–Kier alpha value is -4.63. The highest BCUT2D eigenvalue weighted by molar-refractivity contribution is 6.30. The number of nitrogens with one attached hydrogen (secondary N) is 1. The van der Waals surface area contributed by atoms with Crippen LogP contribution in [0.3, 0.4) is 0 Å². The van der Waals surface area contributed by atoms with Crippen LogP contribution in [-0.4, -0.2) is 58.3 Å². The Kier molecular flexibility index (Phi) is 9.40. The van der Waals surface area contributed by atoms with Crippen molar-refractivity contribution < 1.29 is 23.9 Å². The van der Waals surface area contributed by atoms with E-state index in [2.05, 4.69) is 17.4 Å². The number of fused-ring (bicyclic) bond motifs is 1. The zero-order valence-corrected chi connectivity index (χ0v) is 26.2. The molecule has 2 N–H and O–H groups in total. The van der Waals surface area contributed by atoms with Crippen LogP contribution in [0.25, 0.3) is 11.0 Å². The van der Waals surface area contributed by atoms with Crippen LogP contribution in [0, 0.1) is 0 Å². The minimum absolute atomic E-state index is 0.0880. The third-order valence-corrected chi connectivity index (χ3v) is 9.23. The van der Waals surface area contributed by atoms with Gasteiger partial charge in [0.2, 0.25) is 11.8 Å². The first-order valence-corrected chi connectivity index (χ1v) is 16.1. The summed E-state index contributed by atoms with van der Waals surface area (Å²) in [5.74, 6) is -0.764. The van der Waals surface area contributed by atoms with Crippen LogP contribution in [0.4, 0.5) is 0 Å². The molecule has 0 aliphatic carbocycles. The Morgan fingerprint density at radius 3 is 2.48 bits per heavy atom. The highest BCUT2D eigenvalue weighted by atomic mass is 35.5. The first-order valence-electron chi connectivity index (χ1n) is 15.7. The van der Waals surface area contributed by atoms with E-state index >= 15 is 0 Å². The van der Waals surface area contributed by atoms with Gasteiger partial charge in [-0.2, -0.15) is 0 Å². The van der Waals surface area contributed by atoms with E-state index in [1.54, 1.807) is 17.0 Å². The largest absolute Gasteiger partial charge is 0.508 e. The molecule has 3 heterocycles. The van der Waals surface area contributed by atoms with Gasteiger partial charge >= 0.3 is 0 Å². The van der Waals surface area contributed by atoms with Crippen molar-refractivity contribution in [1.82, 2.24) is 15.1 Å². The van der Waals surface area contributed by atoms with Crippen LogP contribution >= 0.6 is 11.6 Å². The summed E-state index contributed by atoms with van der Waals surface area (Å²) in [6.45, 7) is 2.42. The number of hydrogen-bond acceptors (Lipinski definition) is 6. The fraction of sp³-hybridized carbons (Fsp3) is 0.333. The van der Waals surface area contributed by atoms with Gasteiger partial charge in [0, 0.05) is 50.1 Å². The molecule has 3 aromatic carbocycles. The monoisotopic (exact) mass is 641 g/mol. The molecule has 0 spiro atoms. The number of hydrogen-bond donors (Lipinski definition) is 2. The number of nitrogens with zero attached hydrogens (tertiary/aromatic N) is 2. The van der Waals surface area contributed by atoms with Crippen LogP contribution < -0.4 is 10.7 Å². The Bertz CT molecular complexity index is 1810. The number of halogens is 1. The average molecular weight is 642 g/mol. The second-order valence-corrected chi connectivity index (χ2v) is 12.5. The summed E-state index contributed by atoms with van der Waals surface area (Å²) >= 11 is 6.08. The number of phenols is 1. The maximum Gasteiger partial charge on any atom is 0.287 e. The number of carbonyl (C=O) groups is 3. The summed E-state index contributed by atoms with van der Waals surface area (Å²) in [5, 5.41) is 13.3. The third kappa shape index (κ3) is 7.10. The predicted octanol–water partition coefficient (Wildman–Crippen LogP) is 5.41. The second kappa shape index (κ2) is 13.8. The van der Waals surface area contributed by atoms with E-state index in [4.69, 9.17) is 16.0 Å². The molecular weight excluding hydrogens is 606 g/mol. The maximum absolute atomic E-state index is 14.0. The molecule has 2 fully saturated rings. The van der Waals surface area contributed by atoms with Crippen molar-refractivity contribution in [1.29, 1.82) is 0 Å². The van der Waals surface area contributed by atoms with Crippen LogP contribution in [0.15, 0.2) is 82.0 Å². The molecule has 1 atom stereocenters. The van der Waals surface area contributed by atoms with Crippen LogP contribution in [-0.2, 0) is 22.6 Å². The lowest BCUT2D eigenvalue weighted by atomic mass is 9.86. The Morgan fingerprint density at radius 1 is 0.957 bits per heavy atom. The Balaban J connectivity index is 1.17. The number of amides is 3. The zero-order chi connectivity index (χ0) is 32.2. The highest BCUT2D eigenvalue weighted by Crippen LogP contribution is 2.32. The normalized spacial score (nSPS) is 16.4. The van der Waals surface area contributed by atoms with Gasteiger partial charge in [0.05, 0.1) is 5.39 Å². The second-order valence-electron chi connectivity index (χ2n) is 12.1. The van der Waals surface area contributed by atoms with Gasteiger partial charge in [-0.05, 0) is 78.6 Å². The molecule has 0 bridgehead atoms. The zero-order valence-electron chi connectivity index (χ0n) is 25.4. The summed E-state index contributed by atoms with van der Waals surface area (Å²) in [4.78, 5) is 56.3. The molecule has 1 aromatic heterocycles. The fourth-order valence-corrected chi connectivity index (χ4v) is 6.61. The van der Waals surface area contributed by atoms with Crippen molar-refractivity contribution in [3.63, 3.8) is 0 Å². The van der Waals surface area contributed by atoms with Crippen LogP contribution in [0.2, 0.25) is 5.02 Å². The van der Waals surface area contributed by atoms with Gasteiger partial charge in [-0.3, -0.25) is 19.2 Å². The number of piperidine rings is 2. The number of rotatable bonds is 8. The lowest BCUT2D eigenvalue weighted by Crippen LogP contribution is -2.51. The molecule has 4 aromatic rings. The summed E-state index contributed by atoms with van der Waals surface area (Å²) < 4.78 is 5.70. The minimum Gasteiger partial charge on any atom is -0.508 e. The predicted molar refractivity (Wildman–Crippen MR) is 175 cm³/mol. The summed E-state index contributed by atoms with van der Waals surface area (Å²) in [7, 11) is 0. The number of likely N-dealkylation sites (tertiary alicyclic amines) is 2. The van der Waals surface area contributed by atoms with Gasteiger partial charge in [0.15, 0.2) is 11.2 Å². The molecular formula is C36H36ClN3O6. The smallest absolute Gasteiger partial charge is 0.287 e. The highest BCUT2D eigenvalue weighted by Gasteiger charge is 2.32. The van der Waals surface area contributed by atoms with Gasteiger partial charge < -0.3 is 24.6 Å². The molecule has 46 heavy (non-hydrogen) atoms. The molecule has 2 aliphatic heterocycles. The van der Waals surface area contributed by atoms with E-state index in [-0.39, 0.29) is 46.6 Å². The van der Waals surface area contributed by atoms with Gasteiger partial charge in [-0.15, -0.1) is 0 Å². The van der Waals surface area contributed by atoms with Crippen molar-refractivity contribution in [2.45, 2.75) is 57.0 Å². The molecule has 2 saturated heterocycles. The summed E-state index contributed by atoms with van der Waals surface area (Å²) in [5.41, 5.74) is 2.87. The molecule has 0 radical (unpaired) electrons. The topological polar surface area (TPSA) is 120 Å². The average Bonchev–Trinajstić information content (AvgIpc) is 3.06. The van der Waals surface area contributed by atoms with Crippen LogP contribution in [0.5, 0.6) is 5.75 Å². The van der Waals surface area contributed by atoms with E-state index in [1.165, 1.54) is 23.8 Å². The molecule has 10 heteroatoms. The van der Waals surface area contributed by atoms with Gasteiger partial charge in [0.1, 0.15) is 17.4 Å². The van der Waals surface area contributed by atoms with Crippen molar-refractivity contribution >= 4 is 40.3 Å². The molecule has 238 valence electrons. The molecule has 9 nitrogen and oxygen atoms in total. The van der Waals surface area contributed by atoms with E-state index in [1.807, 2.05) is 29.2 Å². The van der Waals surface area contributed by atoms with Gasteiger partial charge in [0.25, 0.3) is 5.91 Å². The molecule has 2 aliphatic rings. The van der Waals surface area contributed by atoms with Gasteiger partial charge in [-0.25, -0.2) is 0 Å². The molecule has 6 rings (SSSR count). The quantitative estimate of drug-likeness (QED) is 0.265. The minimum atomic E-state index is -0.913.